The second-order valence-corrected chi connectivity index (χ2v) is 5.72. The Kier molecular flexibility index (Phi) is 3.90. The van der Waals surface area contributed by atoms with Gasteiger partial charge in [0.25, 0.3) is 0 Å². The second kappa shape index (κ2) is 5.66. The minimum absolute atomic E-state index is 0.0668. The van der Waals surface area contributed by atoms with Gasteiger partial charge in [0, 0.05) is 16.8 Å². The highest BCUT2D eigenvalue weighted by Crippen LogP contribution is 2.29. The number of rotatable bonds is 1. The van der Waals surface area contributed by atoms with Crippen molar-refractivity contribution in [2.75, 3.05) is 0 Å². The van der Waals surface area contributed by atoms with E-state index >= 15 is 0 Å². The second-order valence-electron chi connectivity index (χ2n) is 4.95. The molecule has 0 unspecified atom stereocenters. The fourth-order valence-corrected chi connectivity index (χ4v) is 2.95. The molecule has 0 N–H and O–H groups in total. The third kappa shape index (κ3) is 2.65. The minimum Gasteiger partial charge on any atom is -0.233 e. The van der Waals surface area contributed by atoms with Gasteiger partial charge in [0.15, 0.2) is 5.82 Å². The molecule has 1 aliphatic rings. The highest BCUT2D eigenvalue weighted by atomic mass is 35.5. The fourth-order valence-electron chi connectivity index (χ4n) is 2.49. The highest BCUT2D eigenvalue weighted by molar-refractivity contribution is 6.31. The van der Waals surface area contributed by atoms with Crippen molar-refractivity contribution in [3.8, 4) is 11.4 Å². The van der Waals surface area contributed by atoms with Crippen LogP contribution in [0.4, 0.5) is 4.39 Å². The molecule has 20 heavy (non-hydrogen) atoms. The predicted molar refractivity (Wildman–Crippen MR) is 78.7 cm³/mol. The molecular weight excluding hydrogens is 298 g/mol. The maximum atomic E-state index is 13.2. The summed E-state index contributed by atoms with van der Waals surface area (Å²) in [5.41, 5.74) is 2.75. The number of fused-ring (bicyclic) bond motifs is 1. The van der Waals surface area contributed by atoms with E-state index in [0.29, 0.717) is 16.5 Å². The van der Waals surface area contributed by atoms with E-state index in [-0.39, 0.29) is 5.02 Å². The van der Waals surface area contributed by atoms with Crippen LogP contribution in [-0.4, -0.2) is 9.97 Å². The molecule has 0 saturated heterocycles. The van der Waals surface area contributed by atoms with E-state index in [4.69, 9.17) is 23.2 Å². The number of aryl methyl sites for hydroxylation is 1. The normalized spacial score (nSPS) is 14.8. The lowest BCUT2D eigenvalue weighted by Crippen LogP contribution is -2.02. The van der Waals surface area contributed by atoms with Gasteiger partial charge in [-0.1, -0.05) is 29.6 Å². The predicted octanol–water partition coefficient (Wildman–Crippen LogP) is 4.86. The van der Waals surface area contributed by atoms with Gasteiger partial charge in [0.1, 0.15) is 11.0 Å². The van der Waals surface area contributed by atoms with Gasteiger partial charge in [0.2, 0.25) is 0 Å². The maximum absolute atomic E-state index is 13.2. The first-order chi connectivity index (χ1) is 9.65. The zero-order chi connectivity index (χ0) is 14.1. The molecule has 0 radical (unpaired) electrons. The molecular formula is C15H13Cl2FN2. The van der Waals surface area contributed by atoms with Gasteiger partial charge in [-0.05, 0) is 43.9 Å². The minimum atomic E-state index is -0.448. The summed E-state index contributed by atoms with van der Waals surface area (Å²) >= 11 is 12.1. The molecule has 0 spiro atoms. The van der Waals surface area contributed by atoms with Crippen molar-refractivity contribution < 1.29 is 4.39 Å². The molecule has 0 aliphatic heterocycles. The van der Waals surface area contributed by atoms with E-state index in [0.717, 1.165) is 36.9 Å². The van der Waals surface area contributed by atoms with E-state index in [1.165, 1.54) is 18.6 Å². The van der Waals surface area contributed by atoms with Crippen molar-refractivity contribution in [1.29, 1.82) is 0 Å². The molecule has 1 aromatic carbocycles. The van der Waals surface area contributed by atoms with E-state index < -0.39 is 5.82 Å². The van der Waals surface area contributed by atoms with Gasteiger partial charge in [-0.15, -0.1) is 0 Å². The summed E-state index contributed by atoms with van der Waals surface area (Å²) in [7, 11) is 0. The Morgan fingerprint density at radius 1 is 1.00 bits per heavy atom. The summed E-state index contributed by atoms with van der Waals surface area (Å²) in [6.45, 7) is 0. The molecule has 2 aromatic rings. The number of aromatic nitrogens is 2. The van der Waals surface area contributed by atoms with Crippen LogP contribution in [0, 0.1) is 5.82 Å². The first-order valence-electron chi connectivity index (χ1n) is 6.66. The molecule has 0 fully saturated rings. The summed E-state index contributed by atoms with van der Waals surface area (Å²) < 4.78 is 13.2. The quantitative estimate of drug-likeness (QED) is 0.555. The number of hydrogen-bond donors (Lipinski definition) is 0. The number of hydrogen-bond acceptors (Lipinski definition) is 2. The molecule has 0 amide bonds. The summed E-state index contributed by atoms with van der Waals surface area (Å²) in [6, 6.07) is 4.47. The molecule has 0 bridgehead atoms. The highest BCUT2D eigenvalue weighted by Gasteiger charge is 2.16. The fraction of sp³-hybridized carbons (Fsp3) is 0.333. The zero-order valence-corrected chi connectivity index (χ0v) is 12.3. The third-order valence-electron chi connectivity index (χ3n) is 3.56. The first-order valence-corrected chi connectivity index (χ1v) is 7.41. The molecule has 0 saturated carbocycles. The van der Waals surface area contributed by atoms with E-state index in [1.54, 1.807) is 6.07 Å². The van der Waals surface area contributed by atoms with Crippen molar-refractivity contribution >= 4 is 23.2 Å². The first kappa shape index (κ1) is 13.8. The Bertz CT molecular complexity index is 659. The average molecular weight is 311 g/mol. The molecule has 0 atom stereocenters. The van der Waals surface area contributed by atoms with Crippen LogP contribution in [0.15, 0.2) is 18.2 Å². The molecule has 1 aliphatic carbocycles. The molecule has 104 valence electrons. The van der Waals surface area contributed by atoms with Crippen LogP contribution in [0.2, 0.25) is 10.2 Å². The van der Waals surface area contributed by atoms with Crippen LogP contribution in [0.1, 0.15) is 30.5 Å². The zero-order valence-electron chi connectivity index (χ0n) is 10.8. The van der Waals surface area contributed by atoms with Crippen LogP contribution in [0.3, 0.4) is 0 Å². The maximum Gasteiger partial charge on any atom is 0.161 e. The van der Waals surface area contributed by atoms with Crippen LogP contribution < -0.4 is 0 Å². The lowest BCUT2D eigenvalue weighted by atomic mass is 10.1. The Morgan fingerprint density at radius 3 is 2.60 bits per heavy atom. The SMILES string of the molecule is Fc1ccc(-c2nc(Cl)c3c(n2)CCCCC3)cc1Cl. The molecule has 1 aromatic heterocycles. The van der Waals surface area contributed by atoms with Gasteiger partial charge in [-0.25, -0.2) is 14.4 Å². The smallest absolute Gasteiger partial charge is 0.161 e. The number of benzene rings is 1. The van der Waals surface area contributed by atoms with Gasteiger partial charge < -0.3 is 0 Å². The van der Waals surface area contributed by atoms with Crippen LogP contribution in [0.5, 0.6) is 0 Å². The van der Waals surface area contributed by atoms with Gasteiger partial charge in [-0.3, -0.25) is 0 Å². The Morgan fingerprint density at radius 2 is 1.80 bits per heavy atom. The van der Waals surface area contributed by atoms with E-state index in [1.807, 2.05) is 0 Å². The summed E-state index contributed by atoms with van der Waals surface area (Å²) in [5.74, 6) is 0.0637. The van der Waals surface area contributed by atoms with Crippen molar-refractivity contribution in [3.63, 3.8) is 0 Å². The summed E-state index contributed by atoms with van der Waals surface area (Å²) in [4.78, 5) is 8.94. The number of nitrogens with zero attached hydrogens (tertiary/aromatic N) is 2. The molecule has 5 heteroatoms. The van der Waals surface area contributed by atoms with Crippen LogP contribution >= 0.6 is 23.2 Å². The van der Waals surface area contributed by atoms with Crippen molar-refractivity contribution in [2.24, 2.45) is 0 Å². The Hall–Kier alpha value is -1.19. The molecule has 3 rings (SSSR count). The summed E-state index contributed by atoms with van der Waals surface area (Å²) in [6.07, 6.45) is 5.27. The largest absolute Gasteiger partial charge is 0.233 e. The van der Waals surface area contributed by atoms with Gasteiger partial charge in [0.05, 0.1) is 5.02 Å². The standard InChI is InChI=1S/C15H13Cl2FN2/c16-11-8-9(6-7-12(11)18)15-19-13-5-3-1-2-4-10(13)14(17)20-15/h6-8H,1-5H2. The average Bonchev–Trinajstić information content (AvgIpc) is 2.67. The van der Waals surface area contributed by atoms with E-state index in [2.05, 4.69) is 9.97 Å². The lowest BCUT2D eigenvalue weighted by Gasteiger charge is -2.09. The van der Waals surface area contributed by atoms with Crippen LogP contribution in [0.25, 0.3) is 11.4 Å². The topological polar surface area (TPSA) is 25.8 Å². The van der Waals surface area contributed by atoms with Crippen LogP contribution in [-0.2, 0) is 12.8 Å². The van der Waals surface area contributed by atoms with E-state index in [9.17, 15) is 4.39 Å². The number of halogens is 3. The summed E-state index contributed by atoms with van der Waals surface area (Å²) in [5, 5.41) is 0.574. The van der Waals surface area contributed by atoms with Crippen molar-refractivity contribution in [1.82, 2.24) is 9.97 Å². The Labute approximate surface area is 127 Å². The van der Waals surface area contributed by atoms with Crippen molar-refractivity contribution in [3.05, 3.63) is 45.4 Å². The monoisotopic (exact) mass is 310 g/mol. The van der Waals surface area contributed by atoms with Crippen molar-refractivity contribution in [2.45, 2.75) is 32.1 Å². The third-order valence-corrected chi connectivity index (χ3v) is 4.16. The molecule has 1 heterocycles. The van der Waals surface area contributed by atoms with Gasteiger partial charge >= 0.3 is 0 Å². The Balaban J connectivity index is 2.08. The lowest BCUT2D eigenvalue weighted by molar-refractivity contribution is 0.628. The molecule has 2 nitrogen and oxygen atoms in total. The van der Waals surface area contributed by atoms with Gasteiger partial charge in [-0.2, -0.15) is 0 Å².